The molecule has 1 atom stereocenters. The average Bonchev–Trinajstić information content (AvgIpc) is 3.05. The van der Waals surface area contributed by atoms with Crippen LogP contribution in [0.1, 0.15) is 18.4 Å². The highest BCUT2D eigenvalue weighted by molar-refractivity contribution is 5.51. The zero-order valence-electron chi connectivity index (χ0n) is 9.80. The molecule has 1 saturated carbocycles. The van der Waals surface area contributed by atoms with E-state index in [-0.39, 0.29) is 6.10 Å². The first kappa shape index (κ1) is 10.5. The molecule has 5 heteroatoms. The van der Waals surface area contributed by atoms with Crippen molar-refractivity contribution in [3.05, 3.63) is 24.0 Å². The van der Waals surface area contributed by atoms with E-state index in [0.29, 0.717) is 12.5 Å². The Bertz CT molecular complexity index is 532. The molecule has 17 heavy (non-hydrogen) atoms. The fraction of sp³-hybridized carbons (Fsp3) is 0.500. The number of fused-ring (bicyclic) bond motifs is 1. The molecule has 0 aliphatic heterocycles. The van der Waals surface area contributed by atoms with Crippen LogP contribution in [-0.4, -0.2) is 32.4 Å². The Labute approximate surface area is 99.5 Å². The van der Waals surface area contributed by atoms with Crippen LogP contribution in [-0.2, 0) is 0 Å². The third-order valence-corrected chi connectivity index (χ3v) is 3.18. The maximum Gasteiger partial charge on any atom is 0.157 e. The van der Waals surface area contributed by atoms with E-state index in [0.717, 1.165) is 29.9 Å². The van der Waals surface area contributed by atoms with Crippen molar-refractivity contribution in [3.8, 4) is 0 Å². The molecule has 2 aromatic heterocycles. The lowest BCUT2D eigenvalue weighted by Crippen LogP contribution is -2.22. The highest BCUT2D eigenvalue weighted by Crippen LogP contribution is 2.32. The number of aryl methyl sites for hydroxylation is 1. The van der Waals surface area contributed by atoms with Gasteiger partial charge in [0.1, 0.15) is 12.1 Å². The zero-order chi connectivity index (χ0) is 11.8. The fourth-order valence-electron chi connectivity index (χ4n) is 2.04. The number of anilines is 1. The van der Waals surface area contributed by atoms with E-state index in [1.165, 1.54) is 6.33 Å². The Hall–Kier alpha value is -1.62. The van der Waals surface area contributed by atoms with Crippen molar-refractivity contribution in [1.82, 2.24) is 14.6 Å². The van der Waals surface area contributed by atoms with Gasteiger partial charge in [0.25, 0.3) is 0 Å². The maximum atomic E-state index is 9.83. The third kappa shape index (κ3) is 2.10. The number of hydrogen-bond acceptors (Lipinski definition) is 4. The van der Waals surface area contributed by atoms with Crippen molar-refractivity contribution in [3.63, 3.8) is 0 Å². The number of hydrogen-bond donors (Lipinski definition) is 2. The summed E-state index contributed by atoms with van der Waals surface area (Å²) < 4.78 is 1.76. The molecule has 0 aromatic carbocycles. The van der Waals surface area contributed by atoms with Crippen LogP contribution < -0.4 is 5.32 Å². The highest BCUT2D eigenvalue weighted by atomic mass is 16.3. The number of aliphatic hydroxyl groups excluding tert-OH is 1. The summed E-state index contributed by atoms with van der Waals surface area (Å²) in [6.07, 6.45) is 3.58. The van der Waals surface area contributed by atoms with E-state index in [1.54, 1.807) is 4.52 Å². The van der Waals surface area contributed by atoms with Crippen molar-refractivity contribution < 1.29 is 5.11 Å². The van der Waals surface area contributed by atoms with Gasteiger partial charge in [-0.15, -0.1) is 0 Å². The van der Waals surface area contributed by atoms with Gasteiger partial charge in [-0.2, -0.15) is 9.61 Å². The first-order valence-corrected chi connectivity index (χ1v) is 5.96. The predicted molar refractivity (Wildman–Crippen MR) is 64.9 cm³/mol. The summed E-state index contributed by atoms with van der Waals surface area (Å²) in [4.78, 5) is 4.16. The van der Waals surface area contributed by atoms with Gasteiger partial charge in [0, 0.05) is 6.54 Å². The molecule has 0 bridgehead atoms. The number of aromatic nitrogens is 3. The van der Waals surface area contributed by atoms with Crippen LogP contribution in [0, 0.1) is 12.8 Å². The first-order chi connectivity index (χ1) is 8.24. The monoisotopic (exact) mass is 232 g/mol. The van der Waals surface area contributed by atoms with Gasteiger partial charge in [0.05, 0.1) is 6.10 Å². The van der Waals surface area contributed by atoms with Gasteiger partial charge in [0.2, 0.25) is 0 Å². The molecule has 0 spiro atoms. The lowest BCUT2D eigenvalue weighted by molar-refractivity contribution is 0.164. The topological polar surface area (TPSA) is 62.5 Å². The number of nitrogens with zero attached hydrogens (tertiary/aromatic N) is 3. The van der Waals surface area contributed by atoms with E-state index in [1.807, 2.05) is 19.1 Å². The third-order valence-electron chi connectivity index (χ3n) is 3.18. The molecule has 90 valence electrons. The van der Waals surface area contributed by atoms with E-state index < -0.39 is 0 Å². The molecule has 0 saturated heterocycles. The molecular formula is C12H16N4O. The van der Waals surface area contributed by atoms with E-state index >= 15 is 0 Å². The summed E-state index contributed by atoms with van der Waals surface area (Å²) in [6, 6.07) is 4.00. The summed E-state index contributed by atoms with van der Waals surface area (Å²) in [6.45, 7) is 2.60. The second kappa shape index (κ2) is 4.00. The summed E-state index contributed by atoms with van der Waals surface area (Å²) >= 11 is 0. The maximum absolute atomic E-state index is 9.83. The van der Waals surface area contributed by atoms with E-state index in [4.69, 9.17) is 0 Å². The largest absolute Gasteiger partial charge is 0.391 e. The highest BCUT2D eigenvalue weighted by Gasteiger charge is 2.29. The molecule has 3 rings (SSSR count). The number of rotatable bonds is 4. The smallest absolute Gasteiger partial charge is 0.157 e. The lowest BCUT2D eigenvalue weighted by Gasteiger charge is -2.13. The van der Waals surface area contributed by atoms with Crippen molar-refractivity contribution >= 4 is 11.5 Å². The van der Waals surface area contributed by atoms with Crippen LogP contribution in [0.15, 0.2) is 18.5 Å². The van der Waals surface area contributed by atoms with E-state index in [9.17, 15) is 5.11 Å². The number of aliphatic hydroxyl groups is 1. The molecule has 5 nitrogen and oxygen atoms in total. The second-order valence-electron chi connectivity index (χ2n) is 4.73. The number of pyridine rings is 1. The average molecular weight is 232 g/mol. The molecule has 1 fully saturated rings. The Kier molecular flexibility index (Phi) is 2.48. The Morgan fingerprint density at radius 2 is 2.35 bits per heavy atom. The number of nitrogens with one attached hydrogen (secondary N) is 1. The molecule has 2 N–H and O–H groups in total. The van der Waals surface area contributed by atoms with Gasteiger partial charge in [-0.05, 0) is 43.4 Å². The Morgan fingerprint density at radius 1 is 1.53 bits per heavy atom. The van der Waals surface area contributed by atoms with E-state index in [2.05, 4.69) is 15.4 Å². The van der Waals surface area contributed by atoms with Gasteiger partial charge < -0.3 is 10.4 Å². The molecule has 0 amide bonds. The summed E-state index contributed by atoms with van der Waals surface area (Å²) in [5, 5.41) is 17.2. The Morgan fingerprint density at radius 3 is 3.12 bits per heavy atom. The second-order valence-corrected chi connectivity index (χ2v) is 4.73. The minimum absolute atomic E-state index is 0.255. The van der Waals surface area contributed by atoms with Gasteiger partial charge in [-0.3, -0.25) is 0 Å². The first-order valence-electron chi connectivity index (χ1n) is 5.96. The zero-order valence-corrected chi connectivity index (χ0v) is 9.80. The molecule has 2 heterocycles. The molecule has 1 aliphatic carbocycles. The predicted octanol–water partition coefficient (Wildman–Crippen LogP) is 1.22. The van der Waals surface area contributed by atoms with Crippen LogP contribution >= 0.6 is 0 Å². The standard InChI is InChI=1S/C12H16N4O/c1-8-4-11(13-6-10(17)9-2-3-9)16-12(5-8)14-7-15-16/h4-5,7,9-10,13,17H,2-3,6H2,1H3. The van der Waals surface area contributed by atoms with Gasteiger partial charge in [-0.25, -0.2) is 4.98 Å². The normalized spacial score (nSPS) is 17.3. The SMILES string of the molecule is Cc1cc(NCC(O)C2CC2)n2ncnc2c1. The van der Waals surface area contributed by atoms with Crippen LogP contribution in [0.3, 0.4) is 0 Å². The van der Waals surface area contributed by atoms with Crippen molar-refractivity contribution in [2.75, 3.05) is 11.9 Å². The van der Waals surface area contributed by atoms with Crippen molar-refractivity contribution in [2.45, 2.75) is 25.9 Å². The molecule has 1 unspecified atom stereocenters. The molecular weight excluding hydrogens is 216 g/mol. The quantitative estimate of drug-likeness (QED) is 0.832. The van der Waals surface area contributed by atoms with Crippen LogP contribution in [0.2, 0.25) is 0 Å². The summed E-state index contributed by atoms with van der Waals surface area (Å²) in [5.41, 5.74) is 1.96. The fourth-order valence-corrected chi connectivity index (χ4v) is 2.04. The Balaban J connectivity index is 1.80. The lowest BCUT2D eigenvalue weighted by atomic mass is 10.2. The molecule has 0 radical (unpaired) electrons. The van der Waals surface area contributed by atoms with Crippen LogP contribution in [0.5, 0.6) is 0 Å². The minimum Gasteiger partial charge on any atom is -0.391 e. The van der Waals surface area contributed by atoms with Crippen molar-refractivity contribution in [1.29, 1.82) is 0 Å². The minimum atomic E-state index is -0.255. The molecule has 2 aromatic rings. The van der Waals surface area contributed by atoms with Gasteiger partial charge in [-0.1, -0.05) is 0 Å². The summed E-state index contributed by atoms with van der Waals surface area (Å²) in [7, 11) is 0. The molecule has 1 aliphatic rings. The van der Waals surface area contributed by atoms with Gasteiger partial charge >= 0.3 is 0 Å². The van der Waals surface area contributed by atoms with Gasteiger partial charge in [0.15, 0.2) is 5.65 Å². The van der Waals surface area contributed by atoms with Crippen LogP contribution in [0.25, 0.3) is 5.65 Å². The van der Waals surface area contributed by atoms with Crippen LogP contribution in [0.4, 0.5) is 5.82 Å². The van der Waals surface area contributed by atoms with Crippen molar-refractivity contribution in [2.24, 2.45) is 5.92 Å². The summed E-state index contributed by atoms with van der Waals surface area (Å²) in [5.74, 6) is 1.37.